The van der Waals surface area contributed by atoms with Crippen molar-refractivity contribution in [2.45, 2.75) is 39.8 Å². The maximum Gasteiger partial charge on any atom is 0.221 e. The number of hydrogen-bond acceptors (Lipinski definition) is 4. The van der Waals surface area contributed by atoms with Crippen LogP contribution < -0.4 is 0 Å². The third kappa shape index (κ3) is 2.90. The Kier molecular flexibility index (Phi) is 4.39. The highest BCUT2D eigenvalue weighted by atomic mass is 16.2. The zero-order valence-corrected chi connectivity index (χ0v) is 13.4. The van der Waals surface area contributed by atoms with Crippen molar-refractivity contribution in [1.29, 1.82) is 0 Å². The molecule has 0 unspecified atom stereocenters. The Morgan fingerprint density at radius 1 is 0.636 bits per heavy atom. The molecule has 0 aromatic rings. The third-order valence-corrected chi connectivity index (χ3v) is 4.41. The highest BCUT2D eigenvalue weighted by Gasteiger charge is 2.45. The van der Waals surface area contributed by atoms with E-state index in [1.54, 1.807) is 19.6 Å². The van der Waals surface area contributed by atoms with Gasteiger partial charge in [0, 0.05) is 40.8 Å². The lowest BCUT2D eigenvalue weighted by Gasteiger charge is -2.54. The predicted octanol–water partition coefficient (Wildman–Crippen LogP) is -0.940. The van der Waals surface area contributed by atoms with Crippen molar-refractivity contribution in [1.82, 2.24) is 19.6 Å². The van der Waals surface area contributed by atoms with E-state index in [2.05, 4.69) is 0 Å². The molecule has 8 nitrogen and oxygen atoms in total. The molecule has 122 valence electrons. The number of hydrogen-bond donors (Lipinski definition) is 0. The molecule has 0 radical (unpaired) electrons. The minimum absolute atomic E-state index is 0.137. The van der Waals surface area contributed by atoms with Crippen LogP contribution in [0.5, 0.6) is 0 Å². The van der Waals surface area contributed by atoms with Crippen LogP contribution in [0.2, 0.25) is 0 Å². The molecule has 2 aliphatic rings. The average molecular weight is 310 g/mol. The fraction of sp³-hybridized carbons (Fsp3) is 0.714. The van der Waals surface area contributed by atoms with E-state index in [0.29, 0.717) is 13.1 Å². The van der Waals surface area contributed by atoms with E-state index in [4.69, 9.17) is 0 Å². The largest absolute Gasteiger partial charge is 0.323 e. The van der Waals surface area contributed by atoms with Crippen molar-refractivity contribution in [3.8, 4) is 0 Å². The molecule has 0 aliphatic carbocycles. The second-order valence-electron chi connectivity index (χ2n) is 5.88. The van der Waals surface area contributed by atoms with Gasteiger partial charge in [0.25, 0.3) is 0 Å². The fourth-order valence-corrected chi connectivity index (χ4v) is 3.12. The maximum atomic E-state index is 12.0. The lowest BCUT2D eigenvalue weighted by molar-refractivity contribution is -0.166. The highest BCUT2D eigenvalue weighted by Crippen LogP contribution is 2.25. The summed E-state index contributed by atoms with van der Waals surface area (Å²) in [6.45, 7) is 6.93. The third-order valence-electron chi connectivity index (χ3n) is 4.41. The SMILES string of the molecule is CC(=O)N1C[C@H]2[C@H](CN(C(C)=O)CN2C(C)=O)N(C(C)=O)C1. The molecule has 0 N–H and O–H groups in total. The minimum atomic E-state index is -0.283. The lowest BCUT2D eigenvalue weighted by Crippen LogP contribution is -2.72. The molecule has 0 aromatic heterocycles. The first-order valence-electron chi connectivity index (χ1n) is 7.27. The number of carbonyl (C=O) groups excluding carboxylic acids is 4. The van der Waals surface area contributed by atoms with Gasteiger partial charge in [-0.25, -0.2) is 0 Å². The van der Waals surface area contributed by atoms with E-state index < -0.39 is 0 Å². The molecular formula is C14H22N4O4. The van der Waals surface area contributed by atoms with Crippen LogP contribution in [-0.2, 0) is 19.2 Å². The van der Waals surface area contributed by atoms with E-state index >= 15 is 0 Å². The summed E-state index contributed by atoms with van der Waals surface area (Å²) in [7, 11) is 0. The van der Waals surface area contributed by atoms with Crippen LogP contribution in [-0.4, -0.2) is 81.7 Å². The van der Waals surface area contributed by atoms with Gasteiger partial charge in [-0.05, 0) is 0 Å². The van der Waals surface area contributed by atoms with E-state index in [1.807, 2.05) is 0 Å². The van der Waals surface area contributed by atoms with E-state index in [9.17, 15) is 19.2 Å². The molecule has 0 spiro atoms. The maximum absolute atomic E-state index is 12.0. The molecule has 0 aromatic carbocycles. The number of rotatable bonds is 0. The standard InChI is InChI=1S/C14H22N4O4/c1-9(19)15-5-13-14(17(7-15)11(3)21)6-16(10(2)20)8-18(13)12(4)22/h13-14H,5-8H2,1-4H3/t13-,14-/m0/s1. The van der Waals surface area contributed by atoms with Crippen LogP contribution in [0.15, 0.2) is 0 Å². The summed E-state index contributed by atoms with van der Waals surface area (Å²) in [4.78, 5) is 53.6. The molecule has 2 rings (SSSR count). The van der Waals surface area contributed by atoms with Gasteiger partial charge in [0.15, 0.2) is 0 Å². The topological polar surface area (TPSA) is 81.2 Å². The monoisotopic (exact) mass is 310 g/mol. The van der Waals surface area contributed by atoms with Crippen LogP contribution in [0.1, 0.15) is 27.7 Å². The van der Waals surface area contributed by atoms with Gasteiger partial charge < -0.3 is 19.6 Å². The van der Waals surface area contributed by atoms with Crippen LogP contribution in [0, 0.1) is 0 Å². The van der Waals surface area contributed by atoms with Crippen molar-refractivity contribution < 1.29 is 19.2 Å². The summed E-state index contributed by atoms with van der Waals surface area (Å²) >= 11 is 0. The average Bonchev–Trinajstić information content (AvgIpc) is 2.44. The molecular weight excluding hydrogens is 288 g/mol. The lowest BCUT2D eigenvalue weighted by atomic mass is 9.98. The second kappa shape index (κ2) is 5.94. The molecule has 2 aliphatic heterocycles. The molecule has 2 saturated heterocycles. The fourth-order valence-electron chi connectivity index (χ4n) is 3.12. The van der Waals surface area contributed by atoms with Gasteiger partial charge in [0.2, 0.25) is 23.6 Å². The number of carbonyl (C=O) groups is 4. The van der Waals surface area contributed by atoms with Gasteiger partial charge in [-0.1, -0.05) is 0 Å². The zero-order chi connectivity index (χ0) is 16.6. The highest BCUT2D eigenvalue weighted by molar-refractivity contribution is 5.79. The Labute approximate surface area is 129 Å². The molecule has 2 atom stereocenters. The van der Waals surface area contributed by atoms with Crippen LogP contribution in [0.4, 0.5) is 0 Å². The van der Waals surface area contributed by atoms with E-state index in [-0.39, 0.29) is 49.0 Å². The van der Waals surface area contributed by atoms with Gasteiger partial charge in [-0.3, -0.25) is 19.2 Å². The number of amides is 4. The van der Waals surface area contributed by atoms with Crippen molar-refractivity contribution in [3.63, 3.8) is 0 Å². The molecule has 0 bridgehead atoms. The summed E-state index contributed by atoms with van der Waals surface area (Å²) in [6, 6.07) is -0.565. The smallest absolute Gasteiger partial charge is 0.221 e. The first-order chi connectivity index (χ1) is 10.2. The first kappa shape index (κ1) is 16.3. The van der Waals surface area contributed by atoms with Crippen molar-refractivity contribution in [2.75, 3.05) is 26.4 Å². The summed E-state index contributed by atoms with van der Waals surface area (Å²) in [6.07, 6.45) is 0. The molecule has 0 saturated carbocycles. The van der Waals surface area contributed by atoms with Crippen LogP contribution in [0.25, 0.3) is 0 Å². The summed E-state index contributed by atoms with van der Waals surface area (Å²) in [5.41, 5.74) is 0. The second-order valence-corrected chi connectivity index (χ2v) is 5.88. The molecule has 22 heavy (non-hydrogen) atoms. The quantitative estimate of drug-likeness (QED) is 0.578. The van der Waals surface area contributed by atoms with Crippen LogP contribution >= 0.6 is 0 Å². The Bertz CT molecular complexity index is 475. The minimum Gasteiger partial charge on any atom is -0.323 e. The molecule has 8 heteroatoms. The normalized spacial score (nSPS) is 24.9. The first-order valence-corrected chi connectivity index (χ1v) is 7.27. The summed E-state index contributed by atoms with van der Waals surface area (Å²) in [5.74, 6) is -0.617. The molecule has 2 fully saturated rings. The van der Waals surface area contributed by atoms with Gasteiger partial charge >= 0.3 is 0 Å². The summed E-state index contributed by atoms with van der Waals surface area (Å²) < 4.78 is 0. The zero-order valence-electron chi connectivity index (χ0n) is 13.4. The van der Waals surface area contributed by atoms with Gasteiger partial charge in [0.05, 0.1) is 25.4 Å². The van der Waals surface area contributed by atoms with E-state index in [0.717, 1.165) is 0 Å². The van der Waals surface area contributed by atoms with Crippen molar-refractivity contribution >= 4 is 23.6 Å². The van der Waals surface area contributed by atoms with Gasteiger partial charge in [-0.15, -0.1) is 0 Å². The molecule has 4 amide bonds. The Hall–Kier alpha value is -2.12. The van der Waals surface area contributed by atoms with Gasteiger partial charge in [-0.2, -0.15) is 0 Å². The van der Waals surface area contributed by atoms with E-state index in [1.165, 1.54) is 27.7 Å². The predicted molar refractivity (Wildman–Crippen MR) is 77.1 cm³/mol. The Morgan fingerprint density at radius 2 is 0.955 bits per heavy atom. The number of fused-ring (bicyclic) bond motifs is 1. The van der Waals surface area contributed by atoms with Crippen LogP contribution in [0.3, 0.4) is 0 Å². The van der Waals surface area contributed by atoms with Gasteiger partial charge in [0.1, 0.15) is 0 Å². The van der Waals surface area contributed by atoms with Crippen molar-refractivity contribution in [2.24, 2.45) is 0 Å². The van der Waals surface area contributed by atoms with Crippen molar-refractivity contribution in [3.05, 3.63) is 0 Å². The Morgan fingerprint density at radius 3 is 1.18 bits per heavy atom. The Balaban J connectivity index is 2.36. The molecule has 2 heterocycles. The number of nitrogens with zero attached hydrogens (tertiary/aromatic N) is 4. The summed E-state index contributed by atoms with van der Waals surface area (Å²) in [5, 5.41) is 0.